The van der Waals surface area contributed by atoms with Gasteiger partial charge in [0.25, 0.3) is 6.71 Å². The molecule has 4 bridgehead atoms. The van der Waals surface area contributed by atoms with E-state index in [0.717, 1.165) is 17.5 Å². The summed E-state index contributed by atoms with van der Waals surface area (Å²) in [6.07, 6.45) is 6.76. The zero-order chi connectivity index (χ0) is 56.9. The molecule has 11 aromatic rings. The largest absolute Gasteiger partial charge is 0.365 e. The number of hydrogen-bond acceptors (Lipinski definition) is 5. The third-order valence-corrected chi connectivity index (χ3v) is 21.6. The van der Waals surface area contributed by atoms with Gasteiger partial charge in [0.1, 0.15) is 0 Å². The van der Waals surface area contributed by atoms with E-state index in [1.165, 1.54) is 165 Å². The Balaban J connectivity index is 0.908. The average Bonchev–Trinajstić information content (AvgIpc) is 0.726. The van der Waals surface area contributed by atoms with E-state index in [1.807, 2.05) is 11.8 Å². The van der Waals surface area contributed by atoms with Crippen LogP contribution in [-0.2, 0) is 5.41 Å². The highest BCUT2D eigenvalue weighted by molar-refractivity contribution is 8.00. The van der Waals surface area contributed by atoms with Gasteiger partial charge in [-0.15, -0.1) is 0 Å². The molecule has 0 unspecified atom stereocenters. The molecule has 4 nitrogen and oxygen atoms in total. The van der Waals surface area contributed by atoms with Gasteiger partial charge in [-0.25, -0.2) is 0 Å². The smallest absolute Gasteiger partial charge is 0.252 e. The summed E-state index contributed by atoms with van der Waals surface area (Å²) in [6.45, 7) is 7.10. The first kappa shape index (κ1) is 50.4. The Bertz CT molecular complexity index is 4440. The van der Waals surface area contributed by atoms with Crippen LogP contribution in [0.25, 0.3) is 33.4 Å². The van der Waals surface area contributed by atoms with Gasteiger partial charge in [-0.2, -0.15) is 0 Å². The van der Waals surface area contributed by atoms with Crippen molar-refractivity contribution >= 4 is 115 Å². The monoisotopic (exact) mass is 1120 g/mol. The van der Waals surface area contributed by atoms with Crippen molar-refractivity contribution < 1.29 is 0 Å². The second-order valence-electron chi connectivity index (χ2n) is 26.4. The lowest BCUT2D eigenvalue weighted by Crippen LogP contribution is -2.64. The summed E-state index contributed by atoms with van der Waals surface area (Å²) in [5.41, 5.74) is 28.9. The van der Waals surface area contributed by atoms with E-state index >= 15 is 0 Å². The standard InChI is InChI=1S/C79H64B2N4S/c1-79(2,3)56-44-71-76-72(45-56)85(78-62(53-25-11-5-12-26-53)42-55(52-23-9-4-10-24-52)43-63(78)54-27-13-6-14-28-54)69-36-22-20-34-65(69)80(76)66-48-67-74(49-70(66)84(71)58-31-17-8-18-32-58)86-75-47-61(82-59-38-50-37-51(40-59)41-60(82)39-50)46-73-77(75)81(67)64-33-19-21-35-68(64)83(73)57-29-15-7-16-30-57/h4-36,42-51,59-60H,37-41H2,1-3H3. The van der Waals surface area contributed by atoms with E-state index < -0.39 is 0 Å². The normalized spacial score (nSPS) is 18.9. The van der Waals surface area contributed by atoms with Crippen molar-refractivity contribution in [1.82, 2.24) is 0 Å². The highest BCUT2D eigenvalue weighted by Crippen LogP contribution is 2.55. The van der Waals surface area contributed by atoms with Crippen LogP contribution < -0.4 is 52.4 Å². The number of fused-ring (bicyclic) bond motifs is 8. The minimum atomic E-state index is -0.186. The zero-order valence-corrected chi connectivity index (χ0v) is 49.7. The first-order valence-electron chi connectivity index (χ1n) is 31.3. The number of hydrogen-bond donors (Lipinski definition) is 0. The summed E-state index contributed by atoms with van der Waals surface area (Å²) in [4.78, 5) is 13.6. The fourth-order valence-corrected chi connectivity index (χ4v) is 18.2. The minimum Gasteiger partial charge on any atom is -0.365 e. The third kappa shape index (κ3) is 7.72. The van der Waals surface area contributed by atoms with Crippen LogP contribution in [0.3, 0.4) is 0 Å². The molecule has 0 atom stereocenters. The molecule has 6 aliphatic heterocycles. The van der Waals surface area contributed by atoms with Crippen LogP contribution in [0, 0.1) is 11.8 Å². The molecule has 0 N–H and O–H groups in total. The fraction of sp³-hybridized carbons (Fsp3) is 0.165. The molecule has 0 spiro atoms. The Morgan fingerprint density at radius 1 is 0.349 bits per heavy atom. The Morgan fingerprint density at radius 3 is 1.37 bits per heavy atom. The lowest BCUT2D eigenvalue weighted by Gasteiger charge is -2.57. The number of rotatable bonds is 7. The lowest BCUT2D eigenvalue weighted by atomic mass is 9.31. The SMILES string of the molecule is CC(C)(C)c1cc2c3c(c1)N(c1c(-c4ccccc4)cc(-c4ccccc4)cc1-c1ccccc1)c1ccccc1B3c1cc3c(cc1N2c1ccccc1)Sc1cc(N2C4CC5CC(C4)CC2C5)cc2c1B3c1ccccc1N2c1ccccc1. The topological polar surface area (TPSA) is 13.0 Å². The summed E-state index contributed by atoms with van der Waals surface area (Å²) >= 11 is 2.02. The molecule has 0 amide bonds. The summed E-state index contributed by atoms with van der Waals surface area (Å²) in [7, 11) is 0. The predicted octanol–water partition coefficient (Wildman–Crippen LogP) is 16.6. The third-order valence-electron chi connectivity index (χ3n) is 20.4. The van der Waals surface area contributed by atoms with Crippen molar-refractivity contribution in [2.75, 3.05) is 19.6 Å². The van der Waals surface area contributed by atoms with Crippen molar-refractivity contribution in [1.29, 1.82) is 0 Å². The highest BCUT2D eigenvalue weighted by atomic mass is 32.2. The van der Waals surface area contributed by atoms with Gasteiger partial charge in [0.15, 0.2) is 0 Å². The molecule has 11 aromatic carbocycles. The first-order valence-corrected chi connectivity index (χ1v) is 32.1. The molecular weight excluding hydrogens is 1060 g/mol. The van der Waals surface area contributed by atoms with Gasteiger partial charge in [0.2, 0.25) is 6.71 Å². The van der Waals surface area contributed by atoms with Gasteiger partial charge in [0, 0.05) is 84.2 Å². The number of benzene rings is 11. The Hall–Kier alpha value is -8.90. The van der Waals surface area contributed by atoms with Crippen molar-refractivity contribution in [3.63, 3.8) is 0 Å². The molecule has 2 aliphatic carbocycles. The van der Waals surface area contributed by atoms with Gasteiger partial charge < -0.3 is 19.6 Å². The molecule has 7 heteroatoms. The van der Waals surface area contributed by atoms with E-state index in [4.69, 9.17) is 0 Å². The Labute approximate surface area is 511 Å². The molecule has 19 rings (SSSR count). The minimum absolute atomic E-state index is 0.0231. The molecule has 0 radical (unpaired) electrons. The van der Waals surface area contributed by atoms with E-state index in [-0.39, 0.29) is 18.8 Å². The van der Waals surface area contributed by atoms with Crippen LogP contribution in [0.15, 0.2) is 259 Å². The number of anilines is 10. The van der Waals surface area contributed by atoms with Crippen LogP contribution in [0.5, 0.6) is 0 Å². The zero-order valence-electron chi connectivity index (χ0n) is 48.9. The Kier molecular flexibility index (Phi) is 11.3. The fourth-order valence-electron chi connectivity index (χ4n) is 17.0. The predicted molar refractivity (Wildman–Crippen MR) is 365 cm³/mol. The molecule has 6 heterocycles. The lowest BCUT2D eigenvalue weighted by molar-refractivity contribution is 0.0900. The Morgan fingerprint density at radius 2 is 0.814 bits per heavy atom. The number of piperidine rings is 2. The van der Waals surface area contributed by atoms with Gasteiger partial charge in [-0.05, 0) is 183 Å². The second-order valence-corrected chi connectivity index (χ2v) is 27.5. The molecule has 412 valence electrons. The van der Waals surface area contributed by atoms with Crippen LogP contribution in [-0.4, -0.2) is 25.5 Å². The van der Waals surface area contributed by atoms with Crippen molar-refractivity contribution in [3.8, 4) is 33.4 Å². The molecule has 2 saturated carbocycles. The highest BCUT2D eigenvalue weighted by Gasteiger charge is 2.50. The van der Waals surface area contributed by atoms with Crippen molar-refractivity contribution in [3.05, 3.63) is 254 Å². The number of nitrogens with zero attached hydrogens (tertiary/aromatic N) is 4. The summed E-state index contributed by atoms with van der Waals surface area (Å²) in [6, 6.07) is 96.2. The molecule has 8 aliphatic rings. The summed E-state index contributed by atoms with van der Waals surface area (Å²) < 4.78 is 0. The molecule has 2 saturated heterocycles. The average molecular weight is 1120 g/mol. The molecular formula is C79H64B2N4S. The molecule has 86 heavy (non-hydrogen) atoms. The molecule has 0 aromatic heterocycles. The van der Waals surface area contributed by atoms with Gasteiger partial charge >= 0.3 is 0 Å². The van der Waals surface area contributed by atoms with Crippen LogP contribution in [0.1, 0.15) is 58.4 Å². The van der Waals surface area contributed by atoms with Gasteiger partial charge in [0.05, 0.1) is 5.69 Å². The summed E-state index contributed by atoms with van der Waals surface area (Å²) in [5.74, 6) is 1.76. The van der Waals surface area contributed by atoms with Crippen LogP contribution >= 0.6 is 11.8 Å². The maximum absolute atomic E-state index is 2.91. The maximum atomic E-state index is 2.91. The van der Waals surface area contributed by atoms with E-state index in [1.54, 1.807) is 0 Å². The van der Waals surface area contributed by atoms with E-state index in [2.05, 4.69) is 289 Å². The van der Waals surface area contributed by atoms with Crippen LogP contribution in [0.4, 0.5) is 56.9 Å². The van der Waals surface area contributed by atoms with E-state index in [0.29, 0.717) is 12.1 Å². The maximum Gasteiger partial charge on any atom is 0.252 e. The van der Waals surface area contributed by atoms with E-state index in [9.17, 15) is 0 Å². The summed E-state index contributed by atoms with van der Waals surface area (Å²) in [5, 5.41) is 0. The van der Waals surface area contributed by atoms with Crippen molar-refractivity contribution in [2.45, 2.75) is 80.2 Å². The molecule has 4 fully saturated rings. The van der Waals surface area contributed by atoms with Crippen LogP contribution in [0.2, 0.25) is 0 Å². The number of para-hydroxylation sites is 4. The van der Waals surface area contributed by atoms with Gasteiger partial charge in [-0.1, -0.05) is 208 Å². The van der Waals surface area contributed by atoms with Crippen molar-refractivity contribution in [2.24, 2.45) is 11.8 Å². The quantitative estimate of drug-likeness (QED) is 0.147. The first-order chi connectivity index (χ1) is 42.3. The second kappa shape index (κ2) is 19.3. The van der Waals surface area contributed by atoms with Gasteiger partial charge in [-0.3, -0.25) is 0 Å².